The van der Waals surface area contributed by atoms with Gasteiger partial charge in [-0.25, -0.2) is 0 Å². The minimum absolute atomic E-state index is 0.0431. The zero-order chi connectivity index (χ0) is 13.2. The van der Waals surface area contributed by atoms with Gasteiger partial charge in [-0.2, -0.15) is 0 Å². The third kappa shape index (κ3) is 2.55. The van der Waals surface area contributed by atoms with Gasteiger partial charge in [0.05, 0.1) is 13.7 Å². The Morgan fingerprint density at radius 2 is 2.26 bits per heavy atom. The van der Waals surface area contributed by atoms with Crippen molar-refractivity contribution in [1.82, 2.24) is 0 Å². The molecule has 19 heavy (non-hydrogen) atoms. The van der Waals surface area contributed by atoms with Gasteiger partial charge in [-0.05, 0) is 18.9 Å². The average Bonchev–Trinajstić information content (AvgIpc) is 2.47. The number of hydrogen-bond donors (Lipinski definition) is 1. The molecule has 0 spiro atoms. The molecule has 2 heterocycles. The van der Waals surface area contributed by atoms with Crippen LogP contribution in [0.3, 0.4) is 0 Å². The predicted molar refractivity (Wildman–Crippen MR) is 72.5 cm³/mol. The Hall–Kier alpha value is -1.26. The molecule has 1 saturated heterocycles. The van der Waals surface area contributed by atoms with Crippen molar-refractivity contribution < 1.29 is 14.2 Å². The maximum Gasteiger partial charge on any atom is 0.128 e. The normalized spacial score (nSPS) is 30.3. The molecule has 2 aliphatic heterocycles. The number of nitrogens with two attached hydrogens (primary N) is 1. The fourth-order valence-electron chi connectivity index (χ4n) is 2.99. The molecule has 3 rings (SSSR count). The highest BCUT2D eigenvalue weighted by molar-refractivity contribution is 5.43. The summed E-state index contributed by atoms with van der Waals surface area (Å²) in [5.41, 5.74) is 7.35. The van der Waals surface area contributed by atoms with E-state index in [1.807, 2.05) is 18.2 Å². The van der Waals surface area contributed by atoms with Gasteiger partial charge in [0.25, 0.3) is 0 Å². The Kier molecular flexibility index (Phi) is 3.62. The summed E-state index contributed by atoms with van der Waals surface area (Å²) in [5, 5.41) is 0. The first-order valence-electron chi connectivity index (χ1n) is 6.96. The topological polar surface area (TPSA) is 53.7 Å². The number of rotatable bonds is 2. The standard InChI is InChI=1S/C15H21NO3/c1-17-11-4-5-12-13(16)8-14(19-15(12)7-11)10-3-2-6-18-9-10/h4-5,7,10,13-14H,2-3,6,8-9,16H2,1H3. The summed E-state index contributed by atoms with van der Waals surface area (Å²) in [6.07, 6.45) is 3.31. The van der Waals surface area contributed by atoms with E-state index in [2.05, 4.69) is 0 Å². The lowest BCUT2D eigenvalue weighted by molar-refractivity contribution is -0.00930. The summed E-state index contributed by atoms with van der Waals surface area (Å²) in [6.45, 7) is 1.66. The molecule has 1 aromatic rings. The summed E-state index contributed by atoms with van der Waals surface area (Å²) in [4.78, 5) is 0. The van der Waals surface area contributed by atoms with Gasteiger partial charge in [-0.1, -0.05) is 6.07 Å². The van der Waals surface area contributed by atoms with E-state index in [9.17, 15) is 0 Å². The first kappa shape index (κ1) is 12.8. The third-order valence-corrected chi connectivity index (χ3v) is 4.11. The second kappa shape index (κ2) is 5.39. The second-order valence-corrected chi connectivity index (χ2v) is 5.38. The van der Waals surface area contributed by atoms with Crippen molar-refractivity contribution in [2.24, 2.45) is 11.7 Å². The van der Waals surface area contributed by atoms with Gasteiger partial charge >= 0.3 is 0 Å². The summed E-state index contributed by atoms with van der Waals surface area (Å²) in [5.74, 6) is 2.14. The maximum absolute atomic E-state index is 6.27. The molecule has 3 atom stereocenters. The molecule has 2 N–H and O–H groups in total. The van der Waals surface area contributed by atoms with Crippen molar-refractivity contribution in [3.05, 3.63) is 23.8 Å². The van der Waals surface area contributed by atoms with Crippen molar-refractivity contribution in [3.8, 4) is 11.5 Å². The predicted octanol–water partition coefficient (Wildman–Crippen LogP) is 2.27. The van der Waals surface area contributed by atoms with E-state index in [-0.39, 0.29) is 12.1 Å². The highest BCUT2D eigenvalue weighted by Gasteiger charge is 2.33. The van der Waals surface area contributed by atoms with Crippen LogP contribution in [-0.4, -0.2) is 26.4 Å². The van der Waals surface area contributed by atoms with Gasteiger partial charge in [0, 0.05) is 36.6 Å². The minimum Gasteiger partial charge on any atom is -0.497 e. The van der Waals surface area contributed by atoms with Crippen LogP contribution in [0.1, 0.15) is 30.9 Å². The first-order valence-corrected chi connectivity index (χ1v) is 6.96. The summed E-state index contributed by atoms with van der Waals surface area (Å²) >= 11 is 0. The van der Waals surface area contributed by atoms with Crippen LogP contribution in [-0.2, 0) is 4.74 Å². The molecule has 0 aliphatic carbocycles. The monoisotopic (exact) mass is 263 g/mol. The maximum atomic E-state index is 6.27. The molecule has 4 heteroatoms. The van der Waals surface area contributed by atoms with Gasteiger partial charge in [0.15, 0.2) is 0 Å². The Balaban J connectivity index is 1.81. The zero-order valence-electron chi connectivity index (χ0n) is 11.3. The largest absolute Gasteiger partial charge is 0.497 e. The Morgan fingerprint density at radius 1 is 1.37 bits per heavy atom. The molecular weight excluding hydrogens is 242 g/mol. The van der Waals surface area contributed by atoms with Crippen LogP contribution < -0.4 is 15.2 Å². The van der Waals surface area contributed by atoms with Gasteiger partial charge in [0.2, 0.25) is 0 Å². The van der Waals surface area contributed by atoms with Crippen LogP contribution in [0.2, 0.25) is 0 Å². The lowest BCUT2D eigenvalue weighted by Crippen LogP contribution is -2.38. The molecule has 1 aromatic carbocycles. The molecule has 2 aliphatic rings. The van der Waals surface area contributed by atoms with E-state index < -0.39 is 0 Å². The molecule has 1 fully saturated rings. The lowest BCUT2D eigenvalue weighted by Gasteiger charge is -2.36. The Morgan fingerprint density at radius 3 is 3.00 bits per heavy atom. The van der Waals surface area contributed by atoms with Crippen molar-refractivity contribution >= 4 is 0 Å². The summed E-state index contributed by atoms with van der Waals surface area (Å²) in [6, 6.07) is 5.92. The SMILES string of the molecule is COc1ccc2c(c1)OC(C1CCCOC1)CC2N. The van der Waals surface area contributed by atoms with Crippen LogP contribution >= 0.6 is 0 Å². The van der Waals surface area contributed by atoms with Crippen molar-refractivity contribution in [2.75, 3.05) is 20.3 Å². The minimum atomic E-state index is 0.0431. The van der Waals surface area contributed by atoms with Crippen molar-refractivity contribution in [3.63, 3.8) is 0 Å². The number of methoxy groups -OCH3 is 1. The fraction of sp³-hybridized carbons (Fsp3) is 0.600. The van der Waals surface area contributed by atoms with Crippen LogP contribution in [0.4, 0.5) is 0 Å². The average molecular weight is 263 g/mol. The Bertz CT molecular complexity index is 443. The molecule has 3 unspecified atom stereocenters. The molecular formula is C15H21NO3. The van der Waals surface area contributed by atoms with Gasteiger partial charge in [0.1, 0.15) is 17.6 Å². The van der Waals surface area contributed by atoms with Crippen LogP contribution in [0.5, 0.6) is 11.5 Å². The van der Waals surface area contributed by atoms with E-state index in [1.54, 1.807) is 7.11 Å². The molecule has 0 aromatic heterocycles. The number of fused-ring (bicyclic) bond motifs is 1. The van der Waals surface area contributed by atoms with E-state index in [0.717, 1.165) is 49.5 Å². The highest BCUT2D eigenvalue weighted by Crippen LogP contribution is 2.39. The molecule has 0 amide bonds. The van der Waals surface area contributed by atoms with Crippen LogP contribution in [0, 0.1) is 5.92 Å². The third-order valence-electron chi connectivity index (χ3n) is 4.11. The zero-order valence-corrected chi connectivity index (χ0v) is 11.3. The quantitative estimate of drug-likeness (QED) is 0.889. The van der Waals surface area contributed by atoms with Gasteiger partial charge < -0.3 is 19.9 Å². The Labute approximate surface area is 113 Å². The van der Waals surface area contributed by atoms with Crippen LogP contribution in [0.15, 0.2) is 18.2 Å². The number of benzene rings is 1. The molecule has 0 saturated carbocycles. The molecule has 0 bridgehead atoms. The van der Waals surface area contributed by atoms with Crippen molar-refractivity contribution in [2.45, 2.75) is 31.4 Å². The highest BCUT2D eigenvalue weighted by atomic mass is 16.5. The number of ether oxygens (including phenoxy) is 3. The summed E-state index contributed by atoms with van der Waals surface area (Å²) < 4.78 is 17.0. The van der Waals surface area contributed by atoms with Gasteiger partial charge in [-0.15, -0.1) is 0 Å². The summed E-state index contributed by atoms with van der Waals surface area (Å²) in [7, 11) is 1.66. The molecule has 0 radical (unpaired) electrons. The van der Waals surface area contributed by atoms with E-state index in [1.165, 1.54) is 0 Å². The van der Waals surface area contributed by atoms with Crippen molar-refractivity contribution in [1.29, 1.82) is 0 Å². The molecule has 104 valence electrons. The number of hydrogen-bond acceptors (Lipinski definition) is 4. The second-order valence-electron chi connectivity index (χ2n) is 5.38. The van der Waals surface area contributed by atoms with E-state index in [0.29, 0.717) is 5.92 Å². The fourth-order valence-corrected chi connectivity index (χ4v) is 2.99. The van der Waals surface area contributed by atoms with Gasteiger partial charge in [-0.3, -0.25) is 0 Å². The first-order chi connectivity index (χ1) is 9.28. The van der Waals surface area contributed by atoms with E-state index >= 15 is 0 Å². The molecule has 4 nitrogen and oxygen atoms in total. The van der Waals surface area contributed by atoms with E-state index in [4.69, 9.17) is 19.9 Å². The smallest absolute Gasteiger partial charge is 0.128 e. The van der Waals surface area contributed by atoms with Crippen LogP contribution in [0.25, 0.3) is 0 Å². The lowest BCUT2D eigenvalue weighted by atomic mass is 9.87.